The Kier molecular flexibility index (Phi) is 2.99. The van der Waals surface area contributed by atoms with E-state index >= 15 is 0 Å². The molecule has 0 aliphatic heterocycles. The molecule has 0 fully saturated rings. The average Bonchev–Trinajstić information content (AvgIpc) is 2.81. The standard InChI is InChI=1S/C13H9F2N3O2S/c14-9-5-12(15)13-11(6-17-18(13)7-9)8-1-3-10(4-2-8)21(16,19)20/h1-7H,(H2,16,19,20). The lowest BCUT2D eigenvalue weighted by Gasteiger charge is -2.03. The van der Waals surface area contributed by atoms with Gasteiger partial charge in [-0.3, -0.25) is 0 Å². The average molecular weight is 309 g/mol. The summed E-state index contributed by atoms with van der Waals surface area (Å²) in [7, 11) is -3.79. The van der Waals surface area contributed by atoms with Crippen LogP contribution < -0.4 is 5.14 Å². The first-order valence-corrected chi connectivity index (χ1v) is 7.36. The third kappa shape index (κ3) is 2.39. The number of nitrogens with zero attached hydrogens (tertiary/aromatic N) is 2. The van der Waals surface area contributed by atoms with Crippen LogP contribution in [0.2, 0.25) is 0 Å². The van der Waals surface area contributed by atoms with Crippen LogP contribution in [0.5, 0.6) is 0 Å². The second-order valence-corrected chi connectivity index (χ2v) is 5.99. The maximum absolute atomic E-state index is 13.9. The van der Waals surface area contributed by atoms with E-state index in [2.05, 4.69) is 5.10 Å². The SMILES string of the molecule is NS(=O)(=O)c1ccc(-c2cnn3cc(F)cc(F)c23)cc1. The minimum Gasteiger partial charge on any atom is -0.234 e. The molecule has 2 heterocycles. The molecule has 5 nitrogen and oxygen atoms in total. The Bertz CT molecular complexity index is 934. The van der Waals surface area contributed by atoms with E-state index in [9.17, 15) is 17.2 Å². The molecule has 8 heteroatoms. The summed E-state index contributed by atoms with van der Waals surface area (Å²) in [6.07, 6.45) is 2.43. The van der Waals surface area contributed by atoms with Crippen LogP contribution >= 0.6 is 0 Å². The Morgan fingerprint density at radius 2 is 1.81 bits per heavy atom. The summed E-state index contributed by atoms with van der Waals surface area (Å²) < 4.78 is 50.5. The van der Waals surface area contributed by atoms with Gasteiger partial charge in [0.2, 0.25) is 10.0 Å². The van der Waals surface area contributed by atoms with Crippen molar-refractivity contribution in [3.8, 4) is 11.1 Å². The summed E-state index contributed by atoms with van der Waals surface area (Å²) in [4.78, 5) is -0.0470. The summed E-state index contributed by atoms with van der Waals surface area (Å²) in [5.74, 6) is -1.49. The van der Waals surface area contributed by atoms with Gasteiger partial charge in [-0.1, -0.05) is 12.1 Å². The Balaban J connectivity index is 2.17. The molecule has 0 aliphatic carbocycles. The van der Waals surface area contributed by atoms with Gasteiger partial charge < -0.3 is 0 Å². The number of sulfonamides is 1. The number of hydrogen-bond acceptors (Lipinski definition) is 3. The summed E-state index contributed by atoms with van der Waals surface area (Å²) in [5, 5.41) is 8.89. The topological polar surface area (TPSA) is 77.5 Å². The summed E-state index contributed by atoms with van der Waals surface area (Å²) in [6, 6.07) is 6.36. The Hall–Kier alpha value is -2.32. The number of pyridine rings is 1. The Labute approximate surface area is 118 Å². The molecule has 0 saturated carbocycles. The minimum absolute atomic E-state index is 0.0470. The van der Waals surface area contributed by atoms with Crippen LogP contribution in [0.25, 0.3) is 16.6 Å². The number of hydrogen-bond donors (Lipinski definition) is 1. The van der Waals surface area contributed by atoms with Crippen molar-refractivity contribution >= 4 is 15.5 Å². The molecule has 3 aromatic rings. The smallest absolute Gasteiger partial charge is 0.234 e. The molecule has 3 rings (SSSR count). The van der Waals surface area contributed by atoms with E-state index in [1.165, 1.54) is 30.5 Å². The summed E-state index contributed by atoms with van der Waals surface area (Å²) in [5.41, 5.74) is 1.08. The van der Waals surface area contributed by atoms with Crippen molar-refractivity contribution in [2.24, 2.45) is 5.14 Å². The van der Waals surface area contributed by atoms with Crippen LogP contribution in [-0.4, -0.2) is 18.0 Å². The van der Waals surface area contributed by atoms with Crippen molar-refractivity contribution in [3.05, 3.63) is 54.4 Å². The molecule has 0 bridgehead atoms. The van der Waals surface area contributed by atoms with Gasteiger partial charge in [0.1, 0.15) is 11.3 Å². The van der Waals surface area contributed by atoms with Gasteiger partial charge in [-0.05, 0) is 17.7 Å². The number of primary sulfonamides is 1. The molecular formula is C13H9F2N3O2S. The van der Waals surface area contributed by atoms with Gasteiger partial charge in [0.25, 0.3) is 0 Å². The van der Waals surface area contributed by atoms with Crippen LogP contribution in [-0.2, 0) is 10.0 Å². The second kappa shape index (κ2) is 4.61. The van der Waals surface area contributed by atoms with E-state index in [0.29, 0.717) is 11.1 Å². The molecule has 0 aliphatic rings. The van der Waals surface area contributed by atoms with E-state index in [0.717, 1.165) is 16.8 Å². The highest BCUT2D eigenvalue weighted by Gasteiger charge is 2.14. The predicted molar refractivity (Wildman–Crippen MR) is 71.9 cm³/mol. The number of halogens is 2. The zero-order valence-corrected chi connectivity index (χ0v) is 11.3. The highest BCUT2D eigenvalue weighted by Crippen LogP contribution is 2.27. The molecule has 2 aromatic heterocycles. The van der Waals surface area contributed by atoms with Crippen LogP contribution in [0.4, 0.5) is 8.78 Å². The van der Waals surface area contributed by atoms with Gasteiger partial charge in [-0.2, -0.15) is 5.10 Å². The van der Waals surface area contributed by atoms with Crippen LogP contribution in [0.15, 0.2) is 47.6 Å². The molecule has 0 atom stereocenters. The van der Waals surface area contributed by atoms with Crippen molar-refractivity contribution in [3.63, 3.8) is 0 Å². The fourth-order valence-corrected chi connectivity index (χ4v) is 2.59. The molecule has 21 heavy (non-hydrogen) atoms. The molecule has 0 unspecified atom stereocenters. The number of rotatable bonds is 2. The van der Waals surface area contributed by atoms with Crippen molar-refractivity contribution in [2.45, 2.75) is 4.90 Å². The van der Waals surface area contributed by atoms with Crippen molar-refractivity contribution in [2.75, 3.05) is 0 Å². The van der Waals surface area contributed by atoms with E-state index in [1.54, 1.807) is 0 Å². The van der Waals surface area contributed by atoms with E-state index < -0.39 is 21.7 Å². The molecule has 2 N–H and O–H groups in total. The molecule has 1 aromatic carbocycles. The van der Waals surface area contributed by atoms with Gasteiger partial charge in [0.15, 0.2) is 5.82 Å². The van der Waals surface area contributed by atoms with Crippen LogP contribution in [0.3, 0.4) is 0 Å². The number of benzene rings is 1. The lowest BCUT2D eigenvalue weighted by atomic mass is 10.1. The van der Waals surface area contributed by atoms with Crippen LogP contribution in [0, 0.1) is 11.6 Å². The van der Waals surface area contributed by atoms with E-state index in [-0.39, 0.29) is 10.4 Å². The normalized spacial score (nSPS) is 12.0. The van der Waals surface area contributed by atoms with Gasteiger partial charge in [-0.15, -0.1) is 0 Å². The molecule has 108 valence electrons. The molecule has 0 spiro atoms. The monoisotopic (exact) mass is 309 g/mol. The molecule has 0 saturated heterocycles. The maximum atomic E-state index is 13.9. The predicted octanol–water partition coefficient (Wildman–Crippen LogP) is 1.93. The van der Waals surface area contributed by atoms with Crippen LogP contribution in [0.1, 0.15) is 0 Å². The first kappa shape index (κ1) is 13.7. The van der Waals surface area contributed by atoms with E-state index in [1.807, 2.05) is 0 Å². The van der Waals surface area contributed by atoms with Crippen molar-refractivity contribution in [1.29, 1.82) is 0 Å². The first-order chi connectivity index (χ1) is 9.86. The molecular weight excluding hydrogens is 300 g/mol. The molecule has 0 radical (unpaired) electrons. The summed E-state index contributed by atoms with van der Waals surface area (Å²) in [6.45, 7) is 0. The quantitative estimate of drug-likeness (QED) is 0.785. The number of aromatic nitrogens is 2. The van der Waals surface area contributed by atoms with Gasteiger partial charge in [0, 0.05) is 11.6 Å². The number of fused-ring (bicyclic) bond motifs is 1. The highest BCUT2D eigenvalue weighted by molar-refractivity contribution is 7.89. The second-order valence-electron chi connectivity index (χ2n) is 4.43. The lowest BCUT2D eigenvalue weighted by molar-refractivity contribution is 0.573. The molecule has 0 amide bonds. The Morgan fingerprint density at radius 1 is 1.14 bits per heavy atom. The van der Waals surface area contributed by atoms with E-state index in [4.69, 9.17) is 5.14 Å². The fourth-order valence-electron chi connectivity index (χ4n) is 2.08. The summed E-state index contributed by atoms with van der Waals surface area (Å²) >= 11 is 0. The van der Waals surface area contributed by atoms with Crippen molar-refractivity contribution < 1.29 is 17.2 Å². The maximum Gasteiger partial charge on any atom is 0.238 e. The van der Waals surface area contributed by atoms with Gasteiger partial charge in [-0.25, -0.2) is 26.9 Å². The van der Waals surface area contributed by atoms with Gasteiger partial charge >= 0.3 is 0 Å². The Morgan fingerprint density at radius 3 is 2.43 bits per heavy atom. The van der Waals surface area contributed by atoms with Crippen molar-refractivity contribution in [1.82, 2.24) is 9.61 Å². The number of nitrogens with two attached hydrogens (primary N) is 1. The fraction of sp³-hybridized carbons (Fsp3) is 0. The van der Waals surface area contributed by atoms with Gasteiger partial charge in [0.05, 0.1) is 17.3 Å². The zero-order chi connectivity index (χ0) is 15.2. The minimum atomic E-state index is -3.79. The first-order valence-electron chi connectivity index (χ1n) is 5.82. The lowest BCUT2D eigenvalue weighted by Crippen LogP contribution is -2.11. The third-order valence-electron chi connectivity index (χ3n) is 3.03. The largest absolute Gasteiger partial charge is 0.238 e. The zero-order valence-electron chi connectivity index (χ0n) is 10.5. The highest BCUT2D eigenvalue weighted by atomic mass is 32.2. The third-order valence-corrected chi connectivity index (χ3v) is 3.95.